The molecule has 0 radical (unpaired) electrons. The molecular weight excluding hydrogens is 584 g/mol. The fourth-order valence-corrected chi connectivity index (χ4v) is 6.89. The van der Waals surface area contributed by atoms with Crippen molar-refractivity contribution in [3.05, 3.63) is 24.0 Å². The van der Waals surface area contributed by atoms with Crippen molar-refractivity contribution in [2.45, 2.75) is 35.5 Å². The highest BCUT2D eigenvalue weighted by atomic mass is 32.2. The summed E-state index contributed by atoms with van der Waals surface area (Å²) in [6.07, 6.45) is 3.46. The fraction of sp³-hybridized carbons (Fsp3) is 0.619. The summed E-state index contributed by atoms with van der Waals surface area (Å²) in [4.78, 5) is 12.4. The van der Waals surface area contributed by atoms with Gasteiger partial charge >= 0.3 is 0 Å². The maximum atomic E-state index is 14.6. The largest absolute Gasteiger partial charge is 0.343 e. The molecule has 0 spiro atoms. The van der Waals surface area contributed by atoms with Crippen LogP contribution in [0.15, 0.2) is 28.0 Å². The number of amides is 1. The van der Waals surface area contributed by atoms with E-state index in [1.807, 2.05) is 6.07 Å². The first kappa shape index (κ1) is 34.2. The summed E-state index contributed by atoms with van der Waals surface area (Å²) in [6, 6.07) is 5.50. The third-order valence-corrected chi connectivity index (χ3v) is 9.83. The summed E-state index contributed by atoms with van der Waals surface area (Å²) in [6.45, 7) is -0.0443. The Morgan fingerprint density at radius 1 is 1.18 bits per heavy atom. The van der Waals surface area contributed by atoms with Gasteiger partial charge < -0.3 is 5.32 Å². The number of hydrogen-bond donors (Lipinski definition) is 3. The van der Waals surface area contributed by atoms with Crippen LogP contribution in [0.5, 0.6) is 0 Å². The first-order chi connectivity index (χ1) is 17.5. The lowest BCUT2D eigenvalue weighted by atomic mass is 9.80. The Bertz CT molecular complexity index is 1300. The number of thioether (sulfide) groups is 1. The van der Waals surface area contributed by atoms with Gasteiger partial charge in [0.05, 0.1) is 23.0 Å². The minimum Gasteiger partial charge on any atom is -0.343 e. The van der Waals surface area contributed by atoms with Crippen molar-refractivity contribution in [2.24, 2.45) is 11.8 Å². The minimum atomic E-state index is -3.83. The van der Waals surface area contributed by atoms with Crippen molar-refractivity contribution < 1.29 is 39.0 Å². The van der Waals surface area contributed by atoms with Crippen LogP contribution in [0.2, 0.25) is 0 Å². The Labute approximate surface area is 228 Å². The van der Waals surface area contributed by atoms with Crippen LogP contribution >= 0.6 is 11.8 Å². The lowest BCUT2D eigenvalue weighted by Crippen LogP contribution is -2.39. The topological polar surface area (TPSA) is 191 Å². The molecule has 1 amide bonds. The van der Waals surface area contributed by atoms with E-state index in [9.17, 15) is 34.4 Å². The van der Waals surface area contributed by atoms with Crippen LogP contribution < -0.4 is 10.0 Å². The lowest BCUT2D eigenvalue weighted by molar-refractivity contribution is -0.127. The number of sulfone groups is 1. The SMILES string of the molecule is CN(C)S(=O)(=O)NCCSc1ccc(S(=O)(=O)C[C@@H]2CCCC[C@H]2C(=O)NCC#N)cc1F.CS(=O)(=O)O. The number of benzene rings is 1. The van der Waals surface area contributed by atoms with Crippen LogP contribution in [0, 0.1) is 29.0 Å². The molecule has 1 aromatic rings. The summed E-state index contributed by atoms with van der Waals surface area (Å²) in [7, 11) is -8.28. The van der Waals surface area contributed by atoms with E-state index in [2.05, 4.69) is 10.0 Å². The van der Waals surface area contributed by atoms with Crippen molar-refractivity contribution in [1.82, 2.24) is 14.3 Å². The highest BCUT2D eigenvalue weighted by molar-refractivity contribution is 7.99. The molecule has 17 heteroatoms. The van der Waals surface area contributed by atoms with Crippen LogP contribution in [-0.2, 0) is 35.0 Å². The van der Waals surface area contributed by atoms with Crippen LogP contribution in [0.25, 0.3) is 0 Å². The summed E-state index contributed by atoms with van der Waals surface area (Å²) >= 11 is 1.07. The third kappa shape index (κ3) is 12.4. The van der Waals surface area contributed by atoms with E-state index in [1.165, 1.54) is 26.2 Å². The number of nitriles is 1. The molecule has 0 saturated heterocycles. The van der Waals surface area contributed by atoms with Crippen molar-refractivity contribution in [1.29, 1.82) is 5.26 Å². The number of rotatable bonds is 11. The monoisotopic (exact) mass is 616 g/mol. The Balaban J connectivity index is 0.00000132. The number of nitrogens with one attached hydrogen (secondary N) is 2. The second-order valence-corrected chi connectivity index (χ2v) is 15.3. The fourth-order valence-electron chi connectivity index (χ4n) is 3.64. The molecule has 0 heterocycles. The van der Waals surface area contributed by atoms with E-state index in [0.29, 0.717) is 19.1 Å². The van der Waals surface area contributed by atoms with E-state index < -0.39 is 47.8 Å². The maximum absolute atomic E-state index is 14.6. The highest BCUT2D eigenvalue weighted by Crippen LogP contribution is 2.33. The van der Waals surface area contributed by atoms with E-state index in [4.69, 9.17) is 9.81 Å². The average molecular weight is 617 g/mol. The van der Waals surface area contributed by atoms with Gasteiger partial charge in [-0.3, -0.25) is 9.35 Å². The number of nitrogens with zero attached hydrogens (tertiary/aromatic N) is 2. The predicted molar refractivity (Wildman–Crippen MR) is 141 cm³/mol. The molecule has 2 rings (SSSR count). The van der Waals surface area contributed by atoms with E-state index in [-0.39, 0.29) is 40.3 Å². The lowest BCUT2D eigenvalue weighted by Gasteiger charge is -2.30. The third-order valence-electron chi connectivity index (χ3n) is 5.41. The molecule has 3 N–H and O–H groups in total. The van der Waals surface area contributed by atoms with Gasteiger partial charge in [0.15, 0.2) is 9.84 Å². The molecule has 1 fully saturated rings. The first-order valence-electron chi connectivity index (χ1n) is 11.4. The predicted octanol–water partition coefficient (Wildman–Crippen LogP) is 1.04. The van der Waals surface area contributed by atoms with Gasteiger partial charge in [-0.1, -0.05) is 12.8 Å². The Kier molecular flexibility index (Phi) is 13.6. The zero-order valence-corrected chi connectivity index (χ0v) is 24.5. The van der Waals surface area contributed by atoms with Gasteiger partial charge in [0, 0.05) is 37.2 Å². The molecule has 0 unspecified atom stereocenters. The Hall–Kier alpha value is -1.81. The summed E-state index contributed by atoms with van der Waals surface area (Å²) in [5, 5.41) is 11.2. The molecule has 12 nitrogen and oxygen atoms in total. The van der Waals surface area contributed by atoms with Gasteiger partial charge in [0.2, 0.25) is 5.91 Å². The normalized spacial score (nSPS) is 18.2. The van der Waals surface area contributed by atoms with Gasteiger partial charge in [-0.25, -0.2) is 17.5 Å². The van der Waals surface area contributed by atoms with Crippen LogP contribution in [-0.4, -0.2) is 85.0 Å². The number of hydrogen-bond acceptors (Lipinski definition) is 9. The van der Waals surface area contributed by atoms with Crippen LogP contribution in [0.1, 0.15) is 25.7 Å². The molecule has 1 saturated carbocycles. The zero-order valence-electron chi connectivity index (χ0n) is 21.3. The van der Waals surface area contributed by atoms with E-state index in [1.54, 1.807) is 0 Å². The van der Waals surface area contributed by atoms with Gasteiger partial charge in [0.1, 0.15) is 12.4 Å². The molecule has 0 aliphatic heterocycles. The zero-order chi connectivity index (χ0) is 29.1. The van der Waals surface area contributed by atoms with Gasteiger partial charge in [-0.05, 0) is 37.0 Å². The highest BCUT2D eigenvalue weighted by Gasteiger charge is 2.34. The van der Waals surface area contributed by atoms with Crippen molar-refractivity contribution in [3.63, 3.8) is 0 Å². The van der Waals surface area contributed by atoms with Gasteiger partial charge in [-0.2, -0.15) is 26.4 Å². The quantitative estimate of drug-likeness (QED) is 0.140. The van der Waals surface area contributed by atoms with Gasteiger partial charge in [-0.15, -0.1) is 11.8 Å². The maximum Gasteiger partial charge on any atom is 0.278 e. The summed E-state index contributed by atoms with van der Waals surface area (Å²) in [5.41, 5.74) is 0. The molecule has 0 aromatic heterocycles. The molecule has 0 bridgehead atoms. The summed E-state index contributed by atoms with van der Waals surface area (Å²) < 4.78 is 93.1. The number of carbonyl (C=O) groups is 1. The first-order valence-corrected chi connectivity index (χ1v) is 17.3. The van der Waals surface area contributed by atoms with Crippen molar-refractivity contribution in [2.75, 3.05) is 44.9 Å². The van der Waals surface area contributed by atoms with Crippen molar-refractivity contribution in [3.8, 4) is 6.07 Å². The minimum absolute atomic E-state index is 0.0849. The van der Waals surface area contributed by atoms with E-state index in [0.717, 1.165) is 35.0 Å². The van der Waals surface area contributed by atoms with Crippen LogP contribution in [0.3, 0.4) is 0 Å². The average Bonchev–Trinajstić information content (AvgIpc) is 2.80. The Morgan fingerprint density at radius 3 is 2.34 bits per heavy atom. The van der Waals surface area contributed by atoms with Crippen LogP contribution in [0.4, 0.5) is 4.39 Å². The molecule has 1 aliphatic carbocycles. The molecule has 38 heavy (non-hydrogen) atoms. The summed E-state index contributed by atoms with van der Waals surface area (Å²) in [5.74, 6) is -1.92. The molecular formula is C21H33FN4O8S4. The molecule has 1 aliphatic rings. The molecule has 216 valence electrons. The van der Waals surface area contributed by atoms with Gasteiger partial charge in [0.25, 0.3) is 20.3 Å². The van der Waals surface area contributed by atoms with Crippen molar-refractivity contribution >= 4 is 47.8 Å². The number of halogens is 1. The molecule has 1 aromatic carbocycles. The molecule has 2 atom stereocenters. The second kappa shape index (κ2) is 15.1. The second-order valence-electron chi connectivity index (χ2n) is 8.66. The Morgan fingerprint density at radius 2 is 1.79 bits per heavy atom. The van der Waals surface area contributed by atoms with E-state index >= 15 is 0 Å². The number of carbonyl (C=O) groups excluding carboxylic acids is 1. The smallest absolute Gasteiger partial charge is 0.278 e. The standard InChI is InChI=1S/C20H29FN4O5S3.CH4O3S/c1-25(2)33(29,30)24-11-12-31-19-8-7-16(13-18(19)21)32(27,28)14-15-5-3-4-6-17(15)20(26)23-10-9-22;1-5(2,3)4/h7-8,13,15,17,24H,3-6,10-12,14H2,1-2H3,(H,23,26);1H3,(H,2,3,4)/t15-,17+;/m0./s1.